The maximum absolute atomic E-state index is 12.2. The molecule has 5 heteroatoms. The summed E-state index contributed by atoms with van der Waals surface area (Å²) in [5.41, 5.74) is 1.32. The maximum Gasteiger partial charge on any atom is 0.236 e. The van der Waals surface area contributed by atoms with E-state index in [0.717, 1.165) is 31.9 Å². The van der Waals surface area contributed by atoms with Crippen LogP contribution in [-0.4, -0.2) is 73.0 Å². The molecule has 3 aliphatic heterocycles. The van der Waals surface area contributed by atoms with E-state index in [1.54, 1.807) is 4.90 Å². The van der Waals surface area contributed by atoms with E-state index in [4.69, 9.17) is 4.74 Å². The van der Waals surface area contributed by atoms with Crippen LogP contribution in [0.5, 0.6) is 5.75 Å². The standard InChI is InChI=1S/C23H35N3O2/c1-24(2)23(27)17-25-13-18-11-12-20(16-25)26(14-18)15-19-7-3-6-10-22(19)28-21-8-4-5-9-21/h3,6-7,10,18,20-21H,4-5,8-9,11-17H2,1-2H3/t18-,20+/m1/s1. The monoisotopic (exact) mass is 385 g/mol. The molecule has 1 aliphatic carbocycles. The number of carbonyl (C=O) groups excluding carboxylic acids is 1. The maximum atomic E-state index is 12.2. The molecule has 5 rings (SSSR count). The molecule has 1 aromatic carbocycles. The molecule has 154 valence electrons. The molecule has 0 aromatic heterocycles. The molecule has 2 atom stereocenters. The molecule has 4 aliphatic rings. The third kappa shape index (κ3) is 4.69. The van der Waals surface area contributed by atoms with Crippen molar-refractivity contribution in [3.8, 4) is 5.75 Å². The summed E-state index contributed by atoms with van der Waals surface area (Å²) in [6.45, 7) is 4.69. The number of ether oxygens (including phenoxy) is 1. The van der Waals surface area contributed by atoms with Crippen molar-refractivity contribution in [1.82, 2.24) is 14.7 Å². The Balaban J connectivity index is 1.42. The summed E-state index contributed by atoms with van der Waals surface area (Å²) in [5.74, 6) is 1.95. The van der Waals surface area contributed by atoms with Gasteiger partial charge in [0.05, 0.1) is 12.6 Å². The minimum absolute atomic E-state index is 0.211. The Morgan fingerprint density at radius 1 is 1.07 bits per heavy atom. The average molecular weight is 386 g/mol. The number of likely N-dealkylation sites (N-methyl/N-ethyl adjacent to an activating group) is 1. The number of para-hydroxylation sites is 1. The topological polar surface area (TPSA) is 36.0 Å². The van der Waals surface area contributed by atoms with Gasteiger partial charge in [-0.1, -0.05) is 18.2 Å². The summed E-state index contributed by atoms with van der Waals surface area (Å²) in [7, 11) is 3.70. The van der Waals surface area contributed by atoms with Crippen molar-refractivity contribution in [2.75, 3.05) is 40.3 Å². The van der Waals surface area contributed by atoms with Gasteiger partial charge in [0.2, 0.25) is 5.91 Å². The van der Waals surface area contributed by atoms with E-state index >= 15 is 0 Å². The van der Waals surface area contributed by atoms with Crippen LogP contribution in [0.2, 0.25) is 0 Å². The summed E-state index contributed by atoms with van der Waals surface area (Å²) >= 11 is 0. The molecule has 0 N–H and O–H groups in total. The van der Waals surface area contributed by atoms with Crippen LogP contribution < -0.4 is 4.74 Å². The fourth-order valence-electron chi connectivity index (χ4n) is 5.09. The van der Waals surface area contributed by atoms with E-state index in [-0.39, 0.29) is 5.91 Å². The van der Waals surface area contributed by atoms with E-state index in [1.165, 1.54) is 44.1 Å². The summed E-state index contributed by atoms with van der Waals surface area (Å²) in [6.07, 6.45) is 7.90. The third-order valence-electron chi connectivity index (χ3n) is 6.70. The molecule has 3 heterocycles. The Bertz CT molecular complexity index is 672. The van der Waals surface area contributed by atoms with Gasteiger partial charge in [0.1, 0.15) is 5.75 Å². The molecule has 1 aromatic rings. The lowest BCUT2D eigenvalue weighted by molar-refractivity contribution is -0.130. The number of benzene rings is 1. The van der Waals surface area contributed by atoms with Crippen molar-refractivity contribution in [2.45, 2.75) is 57.2 Å². The zero-order valence-electron chi connectivity index (χ0n) is 17.5. The molecule has 1 saturated carbocycles. The molecule has 4 fully saturated rings. The third-order valence-corrected chi connectivity index (χ3v) is 6.70. The smallest absolute Gasteiger partial charge is 0.236 e. The number of carbonyl (C=O) groups is 1. The van der Waals surface area contributed by atoms with Crippen LogP contribution in [0, 0.1) is 5.92 Å². The summed E-state index contributed by atoms with van der Waals surface area (Å²) in [4.78, 5) is 18.9. The summed E-state index contributed by atoms with van der Waals surface area (Å²) in [5, 5.41) is 0. The lowest BCUT2D eigenvalue weighted by Crippen LogP contribution is -2.44. The zero-order chi connectivity index (χ0) is 19.5. The fourth-order valence-corrected chi connectivity index (χ4v) is 5.09. The molecule has 3 saturated heterocycles. The fraction of sp³-hybridized carbons (Fsp3) is 0.696. The first-order valence-electron chi connectivity index (χ1n) is 11.0. The largest absolute Gasteiger partial charge is 0.490 e. The van der Waals surface area contributed by atoms with E-state index in [2.05, 4.69) is 34.1 Å². The van der Waals surface area contributed by atoms with Gasteiger partial charge in [-0.05, 0) is 50.5 Å². The van der Waals surface area contributed by atoms with Crippen molar-refractivity contribution in [3.05, 3.63) is 29.8 Å². The predicted octanol–water partition coefficient (Wildman–Crippen LogP) is 2.99. The number of piperidine rings is 1. The van der Waals surface area contributed by atoms with Gasteiger partial charge in [-0.15, -0.1) is 0 Å². The van der Waals surface area contributed by atoms with Crippen molar-refractivity contribution >= 4 is 5.91 Å². The van der Waals surface area contributed by atoms with Crippen LogP contribution in [0.15, 0.2) is 24.3 Å². The lowest BCUT2D eigenvalue weighted by Gasteiger charge is -2.36. The minimum Gasteiger partial charge on any atom is -0.490 e. The predicted molar refractivity (Wildman–Crippen MR) is 111 cm³/mol. The quantitative estimate of drug-likeness (QED) is 0.754. The number of hydrogen-bond acceptors (Lipinski definition) is 4. The Kier molecular flexibility index (Phi) is 6.22. The summed E-state index contributed by atoms with van der Waals surface area (Å²) < 4.78 is 6.37. The first-order valence-corrected chi connectivity index (χ1v) is 11.0. The number of rotatable bonds is 6. The van der Waals surface area contributed by atoms with Crippen molar-refractivity contribution in [1.29, 1.82) is 0 Å². The van der Waals surface area contributed by atoms with Gasteiger partial charge in [0.15, 0.2) is 0 Å². The van der Waals surface area contributed by atoms with Gasteiger partial charge in [-0.2, -0.15) is 0 Å². The molecule has 0 unspecified atom stereocenters. The van der Waals surface area contributed by atoms with Crippen molar-refractivity contribution in [3.63, 3.8) is 0 Å². The normalized spacial score (nSPS) is 26.4. The van der Waals surface area contributed by atoms with Gasteiger partial charge in [0, 0.05) is 51.9 Å². The van der Waals surface area contributed by atoms with Gasteiger partial charge < -0.3 is 9.64 Å². The first-order chi connectivity index (χ1) is 13.6. The van der Waals surface area contributed by atoms with Crippen LogP contribution in [0.4, 0.5) is 0 Å². The van der Waals surface area contributed by atoms with Gasteiger partial charge in [-0.25, -0.2) is 0 Å². The van der Waals surface area contributed by atoms with Crippen LogP contribution in [0.1, 0.15) is 44.1 Å². The number of fused-ring (bicyclic) bond motifs is 4. The van der Waals surface area contributed by atoms with Crippen LogP contribution >= 0.6 is 0 Å². The van der Waals surface area contributed by atoms with Crippen LogP contribution in [-0.2, 0) is 11.3 Å². The Labute approximate surface area is 169 Å². The molecule has 0 radical (unpaired) electrons. The van der Waals surface area contributed by atoms with Gasteiger partial charge in [-0.3, -0.25) is 14.6 Å². The highest BCUT2D eigenvalue weighted by molar-refractivity contribution is 5.77. The molecule has 5 nitrogen and oxygen atoms in total. The second-order valence-electron chi connectivity index (χ2n) is 9.14. The highest BCUT2D eigenvalue weighted by Gasteiger charge is 2.35. The van der Waals surface area contributed by atoms with E-state index in [0.29, 0.717) is 24.6 Å². The molecule has 28 heavy (non-hydrogen) atoms. The van der Waals surface area contributed by atoms with E-state index in [9.17, 15) is 4.79 Å². The lowest BCUT2D eigenvalue weighted by atomic mass is 9.94. The average Bonchev–Trinajstić information content (AvgIpc) is 3.04. The molecular weight excluding hydrogens is 350 g/mol. The Hall–Kier alpha value is -1.59. The molecule has 1 amide bonds. The Morgan fingerprint density at radius 3 is 2.64 bits per heavy atom. The molecular formula is C23H35N3O2. The zero-order valence-corrected chi connectivity index (χ0v) is 17.5. The first kappa shape index (κ1) is 19.7. The SMILES string of the molecule is CN(C)C(=O)CN1C[C@H]2CC[C@@H](C1)N(Cc1ccccc1OC1CCCC1)C2. The second-order valence-corrected chi connectivity index (χ2v) is 9.14. The minimum atomic E-state index is 0.211. The van der Waals surface area contributed by atoms with Gasteiger partial charge in [0.25, 0.3) is 0 Å². The van der Waals surface area contributed by atoms with E-state index in [1.807, 2.05) is 14.1 Å². The summed E-state index contributed by atoms with van der Waals surface area (Å²) in [6, 6.07) is 9.14. The van der Waals surface area contributed by atoms with Crippen LogP contribution in [0.25, 0.3) is 0 Å². The molecule has 2 bridgehead atoms. The van der Waals surface area contributed by atoms with Crippen LogP contribution in [0.3, 0.4) is 0 Å². The highest BCUT2D eigenvalue weighted by Crippen LogP contribution is 2.32. The number of hydrogen-bond donors (Lipinski definition) is 0. The number of nitrogens with zero attached hydrogens (tertiary/aromatic N) is 3. The van der Waals surface area contributed by atoms with Crippen molar-refractivity contribution in [2.24, 2.45) is 5.92 Å². The Morgan fingerprint density at radius 2 is 1.86 bits per heavy atom. The van der Waals surface area contributed by atoms with E-state index < -0.39 is 0 Å². The molecule has 0 spiro atoms. The second kappa shape index (κ2) is 8.83. The highest BCUT2D eigenvalue weighted by atomic mass is 16.5. The van der Waals surface area contributed by atoms with Crippen molar-refractivity contribution < 1.29 is 9.53 Å². The number of amides is 1. The van der Waals surface area contributed by atoms with Gasteiger partial charge >= 0.3 is 0 Å².